The molecule has 8 heteroatoms. The molecule has 1 amide bonds. The highest BCUT2D eigenvalue weighted by Crippen LogP contribution is 2.30. The van der Waals surface area contributed by atoms with Gasteiger partial charge >= 0.3 is 0 Å². The minimum Gasteiger partial charge on any atom is -0.507 e. The maximum absolute atomic E-state index is 12.0. The van der Waals surface area contributed by atoms with E-state index in [-0.39, 0.29) is 27.6 Å². The van der Waals surface area contributed by atoms with Gasteiger partial charge in [-0.1, -0.05) is 23.2 Å². The van der Waals surface area contributed by atoms with Gasteiger partial charge in [0.15, 0.2) is 0 Å². The zero-order chi connectivity index (χ0) is 17.0. The summed E-state index contributed by atoms with van der Waals surface area (Å²) in [5.74, 6) is -0.660. The predicted octanol–water partition coefficient (Wildman–Crippen LogP) is 3.18. The minimum atomic E-state index is -0.648. The molecule has 6 nitrogen and oxygen atoms in total. The van der Waals surface area contributed by atoms with E-state index in [1.54, 1.807) is 0 Å². The second-order valence-corrected chi connectivity index (χ2v) is 5.25. The lowest BCUT2D eigenvalue weighted by Crippen LogP contribution is -2.17. The van der Waals surface area contributed by atoms with Crippen molar-refractivity contribution in [1.82, 2.24) is 5.43 Å². The van der Waals surface area contributed by atoms with Crippen LogP contribution in [0.3, 0.4) is 0 Å². The molecule has 0 fully saturated rings. The number of phenols is 2. The molecule has 2 aromatic carbocycles. The van der Waals surface area contributed by atoms with Gasteiger partial charge in [-0.25, -0.2) is 5.43 Å². The van der Waals surface area contributed by atoms with Crippen LogP contribution in [-0.2, 0) is 0 Å². The fourth-order valence-electron chi connectivity index (χ4n) is 1.73. The molecule has 0 spiro atoms. The first-order valence-corrected chi connectivity index (χ1v) is 7.06. The summed E-state index contributed by atoms with van der Waals surface area (Å²) in [6.07, 6.45) is 1.18. The number of ether oxygens (including phenoxy) is 1. The summed E-state index contributed by atoms with van der Waals surface area (Å²) in [7, 11) is 1.44. The van der Waals surface area contributed by atoms with Crippen molar-refractivity contribution in [2.45, 2.75) is 0 Å². The first-order valence-electron chi connectivity index (χ1n) is 6.30. The minimum absolute atomic E-state index is 0.00477. The zero-order valence-electron chi connectivity index (χ0n) is 11.9. The van der Waals surface area contributed by atoms with Crippen molar-refractivity contribution >= 4 is 35.3 Å². The van der Waals surface area contributed by atoms with E-state index < -0.39 is 5.91 Å². The summed E-state index contributed by atoms with van der Waals surface area (Å²) < 4.78 is 4.98. The number of hydrogen-bond acceptors (Lipinski definition) is 5. The number of phenolic OH excluding ortho intramolecular Hbond substituents is 2. The van der Waals surface area contributed by atoms with Gasteiger partial charge in [-0.05, 0) is 30.3 Å². The molecule has 0 bridgehead atoms. The highest BCUT2D eigenvalue weighted by atomic mass is 35.5. The van der Waals surface area contributed by atoms with E-state index in [1.165, 1.54) is 43.7 Å². The van der Waals surface area contributed by atoms with Crippen LogP contribution in [0.4, 0.5) is 0 Å². The van der Waals surface area contributed by atoms with Crippen molar-refractivity contribution in [3.8, 4) is 17.2 Å². The fourth-order valence-corrected chi connectivity index (χ4v) is 2.24. The molecule has 2 aromatic rings. The van der Waals surface area contributed by atoms with Gasteiger partial charge in [-0.2, -0.15) is 5.10 Å². The second kappa shape index (κ2) is 7.21. The van der Waals surface area contributed by atoms with Crippen LogP contribution >= 0.6 is 23.2 Å². The maximum atomic E-state index is 12.0. The number of methoxy groups -OCH3 is 1. The first-order chi connectivity index (χ1) is 10.9. The van der Waals surface area contributed by atoms with Crippen molar-refractivity contribution in [3.05, 3.63) is 51.5 Å². The Bertz CT molecular complexity index is 778. The number of nitrogens with zero attached hydrogens (tertiary/aromatic N) is 1. The highest BCUT2D eigenvalue weighted by molar-refractivity contribution is 6.36. The number of rotatable bonds is 4. The van der Waals surface area contributed by atoms with Crippen molar-refractivity contribution in [3.63, 3.8) is 0 Å². The van der Waals surface area contributed by atoms with Gasteiger partial charge in [0.1, 0.15) is 17.2 Å². The standard InChI is InChI=1S/C15H12Cl2N2O4/c1-23-10-2-3-13(20)11(6-10)15(22)19-18-7-8-4-9(16)5-12(17)14(8)21/h2-7,20-21H,1H3,(H,19,22)/b18-7+. The summed E-state index contributed by atoms with van der Waals surface area (Å²) in [5.41, 5.74) is 2.45. The number of amides is 1. The molecule has 23 heavy (non-hydrogen) atoms. The summed E-state index contributed by atoms with van der Waals surface area (Å²) >= 11 is 11.6. The zero-order valence-corrected chi connectivity index (χ0v) is 13.4. The topological polar surface area (TPSA) is 91.2 Å². The van der Waals surface area contributed by atoms with Crippen LogP contribution < -0.4 is 10.2 Å². The summed E-state index contributed by atoms with van der Waals surface area (Å²) in [6, 6.07) is 7.03. The third kappa shape index (κ3) is 4.06. The van der Waals surface area contributed by atoms with Gasteiger partial charge in [0.2, 0.25) is 0 Å². The van der Waals surface area contributed by atoms with Crippen LogP contribution in [0.1, 0.15) is 15.9 Å². The summed E-state index contributed by atoms with van der Waals surface area (Å²) in [4.78, 5) is 12.0. The van der Waals surface area contributed by atoms with Gasteiger partial charge in [0, 0.05) is 10.6 Å². The molecule has 2 rings (SSSR count). The Morgan fingerprint density at radius 3 is 2.70 bits per heavy atom. The number of aromatic hydroxyl groups is 2. The Kier molecular flexibility index (Phi) is 5.31. The lowest BCUT2D eigenvalue weighted by Gasteiger charge is -2.06. The molecule has 0 aliphatic heterocycles. The third-order valence-electron chi connectivity index (χ3n) is 2.88. The lowest BCUT2D eigenvalue weighted by atomic mass is 10.2. The molecular formula is C15H12Cl2N2O4. The number of nitrogens with one attached hydrogen (secondary N) is 1. The number of carbonyl (C=O) groups excluding carboxylic acids is 1. The van der Waals surface area contributed by atoms with E-state index in [4.69, 9.17) is 27.9 Å². The molecule has 0 heterocycles. The van der Waals surface area contributed by atoms with Crippen molar-refractivity contribution in [2.75, 3.05) is 7.11 Å². The smallest absolute Gasteiger partial charge is 0.275 e. The molecule has 0 aliphatic carbocycles. The molecule has 0 saturated carbocycles. The molecule has 0 unspecified atom stereocenters. The van der Waals surface area contributed by atoms with E-state index in [0.717, 1.165) is 0 Å². The average molecular weight is 355 g/mol. The third-order valence-corrected chi connectivity index (χ3v) is 3.38. The Morgan fingerprint density at radius 1 is 1.26 bits per heavy atom. The van der Waals surface area contributed by atoms with E-state index in [2.05, 4.69) is 10.5 Å². The molecular weight excluding hydrogens is 343 g/mol. The Labute approximate surface area is 141 Å². The van der Waals surface area contributed by atoms with Gasteiger partial charge in [0.25, 0.3) is 5.91 Å². The first kappa shape index (κ1) is 16.9. The Morgan fingerprint density at radius 2 is 2.00 bits per heavy atom. The van der Waals surface area contributed by atoms with Crippen LogP contribution in [0.2, 0.25) is 10.0 Å². The maximum Gasteiger partial charge on any atom is 0.275 e. The highest BCUT2D eigenvalue weighted by Gasteiger charge is 2.12. The average Bonchev–Trinajstić information content (AvgIpc) is 2.52. The van der Waals surface area contributed by atoms with Crippen molar-refractivity contribution < 1.29 is 19.7 Å². The molecule has 120 valence electrons. The molecule has 0 aromatic heterocycles. The number of benzene rings is 2. The van der Waals surface area contributed by atoms with Crippen LogP contribution in [-0.4, -0.2) is 29.4 Å². The van der Waals surface area contributed by atoms with Crippen LogP contribution in [0.15, 0.2) is 35.4 Å². The van der Waals surface area contributed by atoms with Gasteiger partial charge < -0.3 is 14.9 Å². The number of halogens is 2. The van der Waals surface area contributed by atoms with Crippen LogP contribution in [0, 0.1) is 0 Å². The van der Waals surface area contributed by atoms with Gasteiger partial charge in [-0.15, -0.1) is 0 Å². The van der Waals surface area contributed by atoms with E-state index in [0.29, 0.717) is 10.8 Å². The largest absolute Gasteiger partial charge is 0.507 e. The van der Waals surface area contributed by atoms with E-state index in [1.807, 2.05) is 0 Å². The van der Waals surface area contributed by atoms with E-state index >= 15 is 0 Å². The van der Waals surface area contributed by atoms with Crippen molar-refractivity contribution in [1.29, 1.82) is 0 Å². The second-order valence-electron chi connectivity index (χ2n) is 4.41. The molecule has 0 aliphatic rings. The molecule has 3 N–H and O–H groups in total. The quantitative estimate of drug-likeness (QED) is 0.580. The fraction of sp³-hybridized carbons (Fsp3) is 0.0667. The monoisotopic (exact) mass is 354 g/mol. The van der Waals surface area contributed by atoms with Gasteiger partial charge in [-0.3, -0.25) is 4.79 Å². The van der Waals surface area contributed by atoms with Gasteiger partial charge in [0.05, 0.1) is 23.9 Å². The summed E-state index contributed by atoms with van der Waals surface area (Å²) in [5, 5.41) is 23.5. The molecule has 0 saturated heterocycles. The summed E-state index contributed by atoms with van der Waals surface area (Å²) in [6.45, 7) is 0. The normalized spacial score (nSPS) is 10.7. The number of carbonyl (C=O) groups is 1. The predicted molar refractivity (Wildman–Crippen MR) is 87.8 cm³/mol. The van der Waals surface area contributed by atoms with E-state index in [9.17, 15) is 15.0 Å². The molecule has 0 radical (unpaired) electrons. The Hall–Kier alpha value is -2.44. The van der Waals surface area contributed by atoms with Crippen LogP contribution in [0.25, 0.3) is 0 Å². The lowest BCUT2D eigenvalue weighted by molar-refractivity contribution is 0.0952. The van der Waals surface area contributed by atoms with Crippen LogP contribution in [0.5, 0.6) is 17.2 Å². The van der Waals surface area contributed by atoms with Crippen molar-refractivity contribution in [2.24, 2.45) is 5.10 Å². The number of hydrogen-bond donors (Lipinski definition) is 3. The number of hydrazone groups is 1. The Balaban J connectivity index is 2.16. The SMILES string of the molecule is COc1ccc(O)c(C(=O)N/N=C/c2cc(Cl)cc(Cl)c2O)c1. The molecule has 0 atom stereocenters.